The van der Waals surface area contributed by atoms with E-state index in [1.165, 1.54) is 0 Å². The monoisotopic (exact) mass is 383 g/mol. The van der Waals surface area contributed by atoms with E-state index in [-0.39, 0.29) is 12.5 Å². The molecule has 0 radical (unpaired) electrons. The Morgan fingerprint density at radius 3 is 2.74 bits per heavy atom. The zero-order valence-corrected chi connectivity index (χ0v) is 16.1. The van der Waals surface area contributed by atoms with E-state index in [0.29, 0.717) is 18.0 Å². The largest absolute Gasteiger partial charge is 0.493 e. The van der Waals surface area contributed by atoms with Crippen LogP contribution in [0.3, 0.4) is 0 Å². The number of aryl methyl sites for hydroxylation is 1. The standard InChI is InChI=1S/C20H21N3O3S/c1-14-18(27-20(23-14)15-6-5-10-21-12-15)9-11-22-19(24)13-26-17-8-4-3-7-16(17)25-2/h3-8,10,12H,9,11,13H2,1-2H3,(H,22,24). The molecular formula is C20H21N3O3S. The van der Waals surface area contributed by atoms with Gasteiger partial charge in [-0.15, -0.1) is 11.3 Å². The van der Waals surface area contributed by atoms with Crippen molar-refractivity contribution in [2.75, 3.05) is 20.3 Å². The number of nitrogens with zero attached hydrogens (tertiary/aromatic N) is 2. The maximum Gasteiger partial charge on any atom is 0.257 e. The number of benzene rings is 1. The third-order valence-electron chi connectivity index (χ3n) is 3.90. The van der Waals surface area contributed by atoms with E-state index in [2.05, 4.69) is 15.3 Å². The molecule has 0 aliphatic carbocycles. The Hall–Kier alpha value is -2.93. The minimum absolute atomic E-state index is 0.0526. The van der Waals surface area contributed by atoms with Gasteiger partial charge >= 0.3 is 0 Å². The highest BCUT2D eigenvalue weighted by molar-refractivity contribution is 7.15. The minimum atomic E-state index is -0.171. The second-order valence-electron chi connectivity index (χ2n) is 5.81. The highest BCUT2D eigenvalue weighted by Crippen LogP contribution is 2.27. The van der Waals surface area contributed by atoms with Crippen LogP contribution in [0.15, 0.2) is 48.8 Å². The van der Waals surface area contributed by atoms with Crippen LogP contribution in [-0.4, -0.2) is 36.1 Å². The zero-order valence-electron chi connectivity index (χ0n) is 15.3. The van der Waals surface area contributed by atoms with E-state index < -0.39 is 0 Å². The van der Waals surface area contributed by atoms with Gasteiger partial charge in [0, 0.05) is 35.8 Å². The van der Waals surface area contributed by atoms with Gasteiger partial charge in [-0.3, -0.25) is 9.78 Å². The number of hydrogen-bond acceptors (Lipinski definition) is 6. The van der Waals surface area contributed by atoms with Crippen molar-refractivity contribution < 1.29 is 14.3 Å². The van der Waals surface area contributed by atoms with Gasteiger partial charge in [0.05, 0.1) is 12.8 Å². The molecule has 0 saturated heterocycles. The smallest absolute Gasteiger partial charge is 0.257 e. The first kappa shape index (κ1) is 18.8. The topological polar surface area (TPSA) is 73.3 Å². The van der Waals surface area contributed by atoms with Crippen molar-refractivity contribution in [2.45, 2.75) is 13.3 Å². The van der Waals surface area contributed by atoms with E-state index in [1.54, 1.807) is 43.0 Å². The van der Waals surface area contributed by atoms with Gasteiger partial charge in [0.1, 0.15) is 5.01 Å². The Labute approximate surface area is 162 Å². The van der Waals surface area contributed by atoms with Gasteiger partial charge in [-0.05, 0) is 31.2 Å². The number of carbonyl (C=O) groups excluding carboxylic acids is 1. The number of carbonyl (C=O) groups is 1. The summed E-state index contributed by atoms with van der Waals surface area (Å²) in [5.74, 6) is 0.985. The van der Waals surface area contributed by atoms with Crippen molar-refractivity contribution in [1.82, 2.24) is 15.3 Å². The van der Waals surface area contributed by atoms with E-state index in [4.69, 9.17) is 9.47 Å². The van der Waals surface area contributed by atoms with Crippen LogP contribution >= 0.6 is 11.3 Å². The van der Waals surface area contributed by atoms with Crippen LogP contribution in [0.25, 0.3) is 10.6 Å². The van der Waals surface area contributed by atoms with Crippen molar-refractivity contribution in [3.05, 3.63) is 59.4 Å². The molecule has 3 aromatic rings. The van der Waals surface area contributed by atoms with Gasteiger partial charge in [-0.2, -0.15) is 0 Å². The fourth-order valence-corrected chi connectivity index (χ4v) is 3.57. The van der Waals surface area contributed by atoms with Crippen molar-refractivity contribution in [3.8, 4) is 22.1 Å². The zero-order chi connectivity index (χ0) is 19.1. The minimum Gasteiger partial charge on any atom is -0.493 e. The normalized spacial score (nSPS) is 10.4. The Bertz CT molecular complexity index is 896. The molecule has 0 spiro atoms. The van der Waals surface area contributed by atoms with E-state index in [1.807, 2.05) is 31.2 Å². The first-order valence-electron chi connectivity index (χ1n) is 8.56. The third kappa shape index (κ3) is 5.04. The highest BCUT2D eigenvalue weighted by atomic mass is 32.1. The number of hydrogen-bond donors (Lipinski definition) is 1. The molecule has 0 atom stereocenters. The Morgan fingerprint density at radius 2 is 2.00 bits per heavy atom. The van der Waals surface area contributed by atoms with Gasteiger partial charge in [0.25, 0.3) is 5.91 Å². The maximum absolute atomic E-state index is 12.0. The summed E-state index contributed by atoms with van der Waals surface area (Å²) in [6.07, 6.45) is 4.27. The van der Waals surface area contributed by atoms with E-state index >= 15 is 0 Å². The quantitative estimate of drug-likeness (QED) is 0.646. The lowest BCUT2D eigenvalue weighted by Crippen LogP contribution is -2.30. The van der Waals surface area contributed by atoms with Crippen LogP contribution in [0.4, 0.5) is 0 Å². The summed E-state index contributed by atoms with van der Waals surface area (Å²) in [6, 6.07) is 11.1. The summed E-state index contributed by atoms with van der Waals surface area (Å²) in [5.41, 5.74) is 1.99. The number of methoxy groups -OCH3 is 1. The van der Waals surface area contributed by atoms with Crippen LogP contribution in [0.1, 0.15) is 10.6 Å². The summed E-state index contributed by atoms with van der Waals surface area (Å²) >= 11 is 1.63. The van der Waals surface area contributed by atoms with Crippen LogP contribution < -0.4 is 14.8 Å². The lowest BCUT2D eigenvalue weighted by molar-refractivity contribution is -0.123. The summed E-state index contributed by atoms with van der Waals surface area (Å²) < 4.78 is 10.7. The molecule has 140 valence electrons. The molecule has 2 aromatic heterocycles. The Balaban J connectivity index is 1.48. The third-order valence-corrected chi connectivity index (χ3v) is 5.17. The van der Waals surface area contributed by atoms with Gasteiger partial charge in [-0.1, -0.05) is 12.1 Å². The number of thiazole rings is 1. The number of para-hydroxylation sites is 2. The van der Waals surface area contributed by atoms with Gasteiger partial charge < -0.3 is 14.8 Å². The Morgan fingerprint density at radius 1 is 1.19 bits per heavy atom. The molecule has 1 aromatic carbocycles. The van der Waals surface area contributed by atoms with Crippen molar-refractivity contribution in [1.29, 1.82) is 0 Å². The summed E-state index contributed by atoms with van der Waals surface area (Å²) in [5, 5.41) is 3.82. The molecule has 0 bridgehead atoms. The van der Waals surface area contributed by atoms with Crippen molar-refractivity contribution in [3.63, 3.8) is 0 Å². The van der Waals surface area contributed by atoms with Crippen molar-refractivity contribution >= 4 is 17.2 Å². The lowest BCUT2D eigenvalue weighted by Gasteiger charge is -2.10. The van der Waals surface area contributed by atoms with Crippen LogP contribution in [-0.2, 0) is 11.2 Å². The molecule has 1 amide bonds. The molecular weight excluding hydrogens is 362 g/mol. The predicted molar refractivity (Wildman–Crippen MR) is 105 cm³/mol. The van der Waals surface area contributed by atoms with Crippen LogP contribution in [0.2, 0.25) is 0 Å². The van der Waals surface area contributed by atoms with Gasteiger partial charge in [-0.25, -0.2) is 4.98 Å². The molecule has 0 unspecified atom stereocenters. The maximum atomic E-state index is 12.0. The Kier molecular flexibility index (Phi) is 6.38. The number of aromatic nitrogens is 2. The second kappa shape index (κ2) is 9.14. The van der Waals surface area contributed by atoms with E-state index in [0.717, 1.165) is 27.6 Å². The number of pyridine rings is 1. The molecule has 0 aliphatic heterocycles. The van der Waals surface area contributed by atoms with Crippen LogP contribution in [0, 0.1) is 6.92 Å². The molecule has 3 rings (SSSR count). The van der Waals surface area contributed by atoms with Gasteiger partial charge in [0.2, 0.25) is 0 Å². The number of rotatable bonds is 8. The molecule has 0 aliphatic rings. The molecule has 2 heterocycles. The average Bonchev–Trinajstić information content (AvgIpc) is 3.08. The number of nitrogens with one attached hydrogen (secondary N) is 1. The number of ether oxygens (including phenoxy) is 2. The fourth-order valence-electron chi connectivity index (χ4n) is 2.52. The van der Waals surface area contributed by atoms with E-state index in [9.17, 15) is 4.79 Å². The molecule has 27 heavy (non-hydrogen) atoms. The van der Waals surface area contributed by atoms with Crippen LogP contribution in [0.5, 0.6) is 11.5 Å². The first-order valence-corrected chi connectivity index (χ1v) is 9.38. The highest BCUT2D eigenvalue weighted by Gasteiger charge is 2.11. The molecule has 0 saturated carbocycles. The fraction of sp³-hybridized carbons (Fsp3) is 0.250. The lowest BCUT2D eigenvalue weighted by atomic mass is 10.3. The molecule has 1 N–H and O–H groups in total. The van der Waals surface area contributed by atoms with Gasteiger partial charge in [0.15, 0.2) is 18.1 Å². The number of amides is 1. The first-order chi connectivity index (χ1) is 13.2. The van der Waals surface area contributed by atoms with Crippen molar-refractivity contribution in [2.24, 2.45) is 0 Å². The second-order valence-corrected chi connectivity index (χ2v) is 6.89. The summed E-state index contributed by atoms with van der Waals surface area (Å²) in [6.45, 7) is 2.46. The molecule has 7 heteroatoms. The average molecular weight is 383 g/mol. The summed E-state index contributed by atoms with van der Waals surface area (Å²) in [4.78, 5) is 21.9. The predicted octanol–water partition coefficient (Wildman–Crippen LogP) is 3.26. The molecule has 0 fully saturated rings. The SMILES string of the molecule is COc1ccccc1OCC(=O)NCCc1sc(-c2cccnc2)nc1C. The molecule has 6 nitrogen and oxygen atoms in total. The summed E-state index contributed by atoms with van der Waals surface area (Å²) in [7, 11) is 1.57.